The van der Waals surface area contributed by atoms with Crippen LogP contribution in [0.15, 0.2) is 23.1 Å². The second-order valence-electron chi connectivity index (χ2n) is 6.40. The molecule has 7 nitrogen and oxygen atoms in total. The van der Waals surface area contributed by atoms with Crippen LogP contribution in [0.25, 0.3) is 11.0 Å². The Morgan fingerprint density at radius 1 is 1.36 bits per heavy atom. The quantitative estimate of drug-likeness (QED) is 0.808. The number of imidazole rings is 1. The van der Waals surface area contributed by atoms with Gasteiger partial charge in [-0.3, -0.25) is 4.79 Å². The number of rotatable bonds is 7. The van der Waals surface area contributed by atoms with E-state index in [2.05, 4.69) is 10.3 Å². The predicted molar refractivity (Wildman–Crippen MR) is 97.8 cm³/mol. The Bertz CT molecular complexity index is 871. The second kappa shape index (κ2) is 7.53. The number of hydrogen-bond donors (Lipinski definition) is 1. The minimum atomic E-state index is -3.49. The molecule has 8 heteroatoms. The van der Waals surface area contributed by atoms with Gasteiger partial charge < -0.3 is 9.88 Å². The number of aryl methyl sites for hydroxylation is 2. The lowest BCUT2D eigenvalue weighted by molar-refractivity contribution is -0.121. The van der Waals surface area contributed by atoms with E-state index in [1.54, 1.807) is 18.2 Å². The highest BCUT2D eigenvalue weighted by molar-refractivity contribution is 7.89. The molecule has 1 aromatic carbocycles. The van der Waals surface area contributed by atoms with Crippen molar-refractivity contribution >= 4 is 27.0 Å². The van der Waals surface area contributed by atoms with Gasteiger partial charge in [0.25, 0.3) is 0 Å². The molecule has 0 unspecified atom stereocenters. The Morgan fingerprint density at radius 3 is 2.64 bits per heavy atom. The summed E-state index contributed by atoms with van der Waals surface area (Å²) in [6.45, 7) is 4.00. The minimum Gasteiger partial charge on any atom is -0.354 e. The highest BCUT2D eigenvalue weighted by Crippen LogP contribution is 2.21. The van der Waals surface area contributed by atoms with Gasteiger partial charge in [0.05, 0.1) is 15.9 Å². The molecule has 1 N–H and O–H groups in total. The lowest BCUT2D eigenvalue weighted by Gasteiger charge is -2.11. The van der Waals surface area contributed by atoms with E-state index in [1.807, 2.05) is 25.5 Å². The fourth-order valence-corrected chi connectivity index (χ4v) is 3.42. The third kappa shape index (κ3) is 4.19. The minimum absolute atomic E-state index is 0.00252. The van der Waals surface area contributed by atoms with Crippen molar-refractivity contribution in [1.82, 2.24) is 19.2 Å². The van der Waals surface area contributed by atoms with Gasteiger partial charge in [0.15, 0.2) is 0 Å². The van der Waals surface area contributed by atoms with E-state index in [0.29, 0.717) is 18.4 Å². The van der Waals surface area contributed by atoms with E-state index in [-0.39, 0.29) is 16.8 Å². The Balaban J connectivity index is 2.23. The largest absolute Gasteiger partial charge is 0.354 e. The monoisotopic (exact) mass is 366 g/mol. The molecule has 0 saturated heterocycles. The number of nitrogens with zero attached hydrogens (tertiary/aromatic N) is 3. The molecule has 138 valence electrons. The molecule has 25 heavy (non-hydrogen) atoms. The van der Waals surface area contributed by atoms with Crippen molar-refractivity contribution in [1.29, 1.82) is 0 Å². The molecule has 0 radical (unpaired) electrons. The highest BCUT2D eigenvalue weighted by Gasteiger charge is 2.19. The van der Waals surface area contributed by atoms with Crippen molar-refractivity contribution in [3.63, 3.8) is 0 Å². The Kier molecular flexibility index (Phi) is 5.84. The molecule has 0 aliphatic heterocycles. The highest BCUT2D eigenvalue weighted by atomic mass is 32.2. The normalized spacial score (nSPS) is 13.4. The maximum atomic E-state index is 12.3. The van der Waals surface area contributed by atoms with E-state index < -0.39 is 10.0 Å². The summed E-state index contributed by atoms with van der Waals surface area (Å²) in [5.74, 6) is 0.756. The lowest BCUT2D eigenvalue weighted by Crippen LogP contribution is -2.32. The number of carbonyl (C=O) groups excluding carboxylic acids is 1. The standard InChI is InChI=1S/C17H26N4O3S/c1-6-12(2)18-17(22)10-9-16-19-14-11-13(25(23,24)20(3)4)7-8-15(14)21(16)5/h7-8,11-12H,6,9-10H2,1-5H3,(H,18,22)/t12-/m0/s1. The van der Waals surface area contributed by atoms with Crippen LogP contribution >= 0.6 is 0 Å². The molecular formula is C17H26N4O3S. The first-order valence-electron chi connectivity index (χ1n) is 8.34. The maximum absolute atomic E-state index is 12.3. The first-order chi connectivity index (χ1) is 11.7. The number of benzene rings is 1. The second-order valence-corrected chi connectivity index (χ2v) is 8.55. The zero-order valence-electron chi connectivity index (χ0n) is 15.4. The number of hydrogen-bond acceptors (Lipinski definition) is 4. The Morgan fingerprint density at radius 2 is 2.04 bits per heavy atom. The van der Waals surface area contributed by atoms with E-state index in [9.17, 15) is 13.2 Å². The van der Waals surface area contributed by atoms with Crippen LogP contribution in [0.1, 0.15) is 32.5 Å². The van der Waals surface area contributed by atoms with Crippen LogP contribution < -0.4 is 5.32 Å². The van der Waals surface area contributed by atoms with E-state index in [0.717, 1.165) is 17.8 Å². The van der Waals surface area contributed by atoms with Crippen molar-refractivity contribution in [3.05, 3.63) is 24.0 Å². The smallest absolute Gasteiger partial charge is 0.242 e. The molecule has 1 aromatic heterocycles. The van der Waals surface area contributed by atoms with Gasteiger partial charge in [0, 0.05) is 40.0 Å². The van der Waals surface area contributed by atoms with Crippen LogP contribution in [0.3, 0.4) is 0 Å². The summed E-state index contributed by atoms with van der Waals surface area (Å²) in [4.78, 5) is 16.7. The first kappa shape index (κ1) is 19.4. The summed E-state index contributed by atoms with van der Waals surface area (Å²) in [5, 5.41) is 2.93. The number of nitrogens with one attached hydrogen (secondary N) is 1. The fraction of sp³-hybridized carbons (Fsp3) is 0.529. The van der Waals surface area contributed by atoms with Gasteiger partial charge in [0.2, 0.25) is 15.9 Å². The van der Waals surface area contributed by atoms with Gasteiger partial charge in [-0.1, -0.05) is 6.92 Å². The average Bonchev–Trinajstić information content (AvgIpc) is 2.88. The number of sulfonamides is 1. The summed E-state index contributed by atoms with van der Waals surface area (Å²) in [5.41, 5.74) is 1.46. The van der Waals surface area contributed by atoms with Crippen LogP contribution in [0, 0.1) is 0 Å². The summed E-state index contributed by atoms with van der Waals surface area (Å²) in [6.07, 6.45) is 1.74. The number of aromatic nitrogens is 2. The fourth-order valence-electron chi connectivity index (χ4n) is 2.50. The zero-order chi connectivity index (χ0) is 18.8. The number of carbonyl (C=O) groups is 1. The summed E-state index contributed by atoms with van der Waals surface area (Å²) < 4.78 is 27.6. The molecule has 1 heterocycles. The third-order valence-electron chi connectivity index (χ3n) is 4.32. The summed E-state index contributed by atoms with van der Waals surface area (Å²) >= 11 is 0. The van der Waals surface area contributed by atoms with Crippen molar-refractivity contribution < 1.29 is 13.2 Å². The van der Waals surface area contributed by atoms with Crippen LogP contribution in [-0.2, 0) is 28.3 Å². The molecule has 0 spiro atoms. The topological polar surface area (TPSA) is 84.3 Å². The third-order valence-corrected chi connectivity index (χ3v) is 6.13. The molecule has 1 atom stereocenters. The maximum Gasteiger partial charge on any atom is 0.242 e. The van der Waals surface area contributed by atoms with Gasteiger partial charge in [-0.25, -0.2) is 17.7 Å². The molecule has 1 amide bonds. The van der Waals surface area contributed by atoms with Crippen LogP contribution in [0.2, 0.25) is 0 Å². The van der Waals surface area contributed by atoms with Gasteiger partial charge in [-0.05, 0) is 31.5 Å². The molecule has 0 saturated carbocycles. The summed E-state index contributed by atoms with van der Waals surface area (Å²) in [6, 6.07) is 5.07. The van der Waals surface area contributed by atoms with Gasteiger partial charge in [0.1, 0.15) is 5.82 Å². The van der Waals surface area contributed by atoms with Gasteiger partial charge in [-0.15, -0.1) is 0 Å². The molecule has 0 bridgehead atoms. The molecule has 0 aliphatic carbocycles. The van der Waals surface area contributed by atoms with Crippen molar-refractivity contribution in [3.8, 4) is 0 Å². The van der Waals surface area contributed by atoms with Gasteiger partial charge in [-0.2, -0.15) is 0 Å². The molecule has 0 aliphatic rings. The molecule has 2 rings (SSSR count). The van der Waals surface area contributed by atoms with E-state index in [4.69, 9.17) is 0 Å². The number of fused-ring (bicyclic) bond motifs is 1. The van der Waals surface area contributed by atoms with Crippen molar-refractivity contribution in [2.45, 2.75) is 44.0 Å². The summed E-state index contributed by atoms with van der Waals surface area (Å²) in [7, 11) is 1.38. The van der Waals surface area contributed by atoms with Crippen LogP contribution in [0.4, 0.5) is 0 Å². The zero-order valence-corrected chi connectivity index (χ0v) is 16.2. The predicted octanol–water partition coefficient (Wildman–Crippen LogP) is 1.67. The molecular weight excluding hydrogens is 340 g/mol. The van der Waals surface area contributed by atoms with Crippen LogP contribution in [0.5, 0.6) is 0 Å². The first-order valence-corrected chi connectivity index (χ1v) is 9.78. The van der Waals surface area contributed by atoms with Gasteiger partial charge >= 0.3 is 0 Å². The van der Waals surface area contributed by atoms with Crippen molar-refractivity contribution in [2.24, 2.45) is 7.05 Å². The van der Waals surface area contributed by atoms with Crippen molar-refractivity contribution in [2.75, 3.05) is 14.1 Å². The Labute approximate surface area is 149 Å². The number of amides is 1. The van der Waals surface area contributed by atoms with Crippen LogP contribution in [-0.4, -0.2) is 48.3 Å². The lowest BCUT2D eigenvalue weighted by atomic mass is 10.2. The molecule has 0 fully saturated rings. The van der Waals surface area contributed by atoms with E-state index in [1.165, 1.54) is 18.4 Å². The average molecular weight is 366 g/mol. The Hall–Kier alpha value is -1.93. The molecule has 2 aromatic rings. The van der Waals surface area contributed by atoms with E-state index >= 15 is 0 Å². The SMILES string of the molecule is CC[C@H](C)NC(=O)CCc1nc2cc(S(=O)(=O)N(C)C)ccc2n1C.